The van der Waals surface area contributed by atoms with Gasteiger partial charge in [-0.2, -0.15) is 0 Å². The highest BCUT2D eigenvalue weighted by Gasteiger charge is 2.01. The van der Waals surface area contributed by atoms with Crippen molar-refractivity contribution in [1.82, 2.24) is 0 Å². The third kappa shape index (κ3) is 5.75. The molecule has 96 valence electrons. The Labute approximate surface area is 119 Å². The topological polar surface area (TPSA) is 9.23 Å². The lowest BCUT2D eigenvalue weighted by molar-refractivity contribution is 0.411. The molecule has 0 spiro atoms. The molecule has 0 saturated carbocycles. The summed E-state index contributed by atoms with van der Waals surface area (Å²) in [4.78, 5) is 0. The normalized spacial score (nSPS) is 10.5. The Morgan fingerprint density at radius 3 is 2.41 bits per heavy atom. The third-order valence-corrected chi connectivity index (χ3v) is 3.88. The van der Waals surface area contributed by atoms with Crippen molar-refractivity contribution in [3.8, 4) is 5.75 Å². The molecule has 2 heteroatoms. The van der Waals surface area contributed by atoms with E-state index in [9.17, 15) is 0 Å². The molecule has 0 aromatic heterocycles. The first-order valence-electron chi connectivity index (χ1n) is 6.60. The smallest absolute Gasteiger partial charge is 0.132 e. The summed E-state index contributed by atoms with van der Waals surface area (Å²) in [5.74, 6) is 0.984. The molecule has 0 saturated heterocycles. The molecule has 0 aliphatic heterocycles. The van der Waals surface area contributed by atoms with Crippen molar-refractivity contribution in [3.63, 3.8) is 0 Å². The minimum absolute atomic E-state index is 0.984. The van der Waals surface area contributed by atoms with Gasteiger partial charge in [0.1, 0.15) is 5.75 Å². The van der Waals surface area contributed by atoms with E-state index in [-0.39, 0.29) is 0 Å². The standard InChI is InChI=1S/C15H23IO/c1-3-4-5-6-7-8-9-13-10-11-15(17-2)14(16)12-13/h10-12H,3-9H2,1-2H3. The van der Waals surface area contributed by atoms with Crippen LogP contribution in [0.25, 0.3) is 0 Å². The molecule has 0 bridgehead atoms. The number of benzene rings is 1. The highest BCUT2D eigenvalue weighted by atomic mass is 127. The average molecular weight is 346 g/mol. The van der Waals surface area contributed by atoms with E-state index in [2.05, 4.69) is 47.7 Å². The molecule has 1 aromatic rings. The maximum atomic E-state index is 5.26. The van der Waals surface area contributed by atoms with E-state index in [1.807, 2.05) is 0 Å². The molecular weight excluding hydrogens is 323 g/mol. The molecular formula is C15H23IO. The van der Waals surface area contributed by atoms with Crippen LogP contribution in [0.2, 0.25) is 0 Å². The second kappa shape index (κ2) is 8.78. The Kier molecular flexibility index (Phi) is 7.65. The molecule has 0 aliphatic rings. The summed E-state index contributed by atoms with van der Waals surface area (Å²) in [5, 5.41) is 0. The summed E-state index contributed by atoms with van der Waals surface area (Å²) in [6.07, 6.45) is 9.38. The number of hydrogen-bond donors (Lipinski definition) is 0. The Balaban J connectivity index is 2.25. The van der Waals surface area contributed by atoms with E-state index in [4.69, 9.17) is 4.74 Å². The fraction of sp³-hybridized carbons (Fsp3) is 0.600. The second-order valence-corrected chi connectivity index (χ2v) is 5.65. The van der Waals surface area contributed by atoms with Gasteiger partial charge in [-0.1, -0.05) is 45.1 Å². The van der Waals surface area contributed by atoms with Crippen molar-refractivity contribution in [1.29, 1.82) is 0 Å². The van der Waals surface area contributed by atoms with Crippen LogP contribution in [0.1, 0.15) is 51.0 Å². The van der Waals surface area contributed by atoms with Crippen LogP contribution in [0, 0.1) is 3.57 Å². The van der Waals surface area contributed by atoms with Gasteiger partial charge in [-0.3, -0.25) is 0 Å². The van der Waals surface area contributed by atoms with Crippen LogP contribution in [0.15, 0.2) is 18.2 Å². The number of methoxy groups -OCH3 is 1. The number of halogens is 1. The van der Waals surface area contributed by atoms with Crippen LogP contribution < -0.4 is 4.74 Å². The Morgan fingerprint density at radius 1 is 1.06 bits per heavy atom. The van der Waals surface area contributed by atoms with E-state index >= 15 is 0 Å². The van der Waals surface area contributed by atoms with Gasteiger partial charge in [0.25, 0.3) is 0 Å². The molecule has 1 nitrogen and oxygen atoms in total. The van der Waals surface area contributed by atoms with Crippen LogP contribution in [-0.2, 0) is 6.42 Å². The van der Waals surface area contributed by atoms with Crippen LogP contribution in [0.3, 0.4) is 0 Å². The zero-order chi connectivity index (χ0) is 12.5. The number of rotatable bonds is 8. The maximum Gasteiger partial charge on any atom is 0.132 e. The van der Waals surface area contributed by atoms with E-state index in [0.717, 1.165) is 5.75 Å². The number of aryl methyl sites for hydroxylation is 1. The van der Waals surface area contributed by atoms with Crippen molar-refractivity contribution < 1.29 is 4.74 Å². The monoisotopic (exact) mass is 346 g/mol. The molecule has 0 heterocycles. The van der Waals surface area contributed by atoms with Crippen molar-refractivity contribution in [2.24, 2.45) is 0 Å². The van der Waals surface area contributed by atoms with Crippen LogP contribution >= 0.6 is 22.6 Å². The lowest BCUT2D eigenvalue weighted by Crippen LogP contribution is -1.91. The van der Waals surface area contributed by atoms with Crippen LogP contribution in [0.5, 0.6) is 5.75 Å². The number of hydrogen-bond acceptors (Lipinski definition) is 1. The molecule has 0 amide bonds. The van der Waals surface area contributed by atoms with Gasteiger partial charge < -0.3 is 4.74 Å². The zero-order valence-corrected chi connectivity index (χ0v) is 13.1. The highest BCUT2D eigenvalue weighted by Crippen LogP contribution is 2.22. The highest BCUT2D eigenvalue weighted by molar-refractivity contribution is 14.1. The largest absolute Gasteiger partial charge is 0.496 e. The molecule has 0 aliphatic carbocycles. The fourth-order valence-electron chi connectivity index (χ4n) is 1.97. The zero-order valence-electron chi connectivity index (χ0n) is 11.0. The van der Waals surface area contributed by atoms with Gasteiger partial charge in [-0.15, -0.1) is 0 Å². The lowest BCUT2D eigenvalue weighted by atomic mass is 10.0. The third-order valence-electron chi connectivity index (χ3n) is 3.04. The number of ether oxygens (including phenoxy) is 1. The predicted octanol–water partition coefficient (Wildman–Crippen LogP) is 5.20. The van der Waals surface area contributed by atoms with Gasteiger partial charge in [0, 0.05) is 0 Å². The van der Waals surface area contributed by atoms with Gasteiger partial charge >= 0.3 is 0 Å². The molecule has 0 N–H and O–H groups in total. The summed E-state index contributed by atoms with van der Waals surface area (Å²) in [6, 6.07) is 6.51. The van der Waals surface area contributed by atoms with Gasteiger partial charge in [-0.05, 0) is 53.1 Å². The van der Waals surface area contributed by atoms with Gasteiger partial charge in [0.15, 0.2) is 0 Å². The van der Waals surface area contributed by atoms with Crippen LogP contribution in [0.4, 0.5) is 0 Å². The molecule has 0 atom stereocenters. The Hall–Kier alpha value is -0.250. The van der Waals surface area contributed by atoms with Crippen molar-refractivity contribution in [3.05, 3.63) is 27.3 Å². The first-order valence-corrected chi connectivity index (χ1v) is 7.68. The Morgan fingerprint density at radius 2 is 1.76 bits per heavy atom. The quantitative estimate of drug-likeness (QED) is 0.464. The molecule has 0 unspecified atom stereocenters. The summed E-state index contributed by atoms with van der Waals surface area (Å²) in [7, 11) is 1.73. The predicted molar refractivity (Wildman–Crippen MR) is 82.8 cm³/mol. The van der Waals surface area contributed by atoms with Gasteiger partial charge in [-0.25, -0.2) is 0 Å². The summed E-state index contributed by atoms with van der Waals surface area (Å²) in [6.45, 7) is 2.26. The fourth-order valence-corrected chi connectivity index (χ4v) is 2.77. The van der Waals surface area contributed by atoms with Gasteiger partial charge in [0.2, 0.25) is 0 Å². The molecule has 17 heavy (non-hydrogen) atoms. The van der Waals surface area contributed by atoms with Crippen molar-refractivity contribution >= 4 is 22.6 Å². The van der Waals surface area contributed by atoms with Crippen LogP contribution in [-0.4, -0.2) is 7.11 Å². The SMILES string of the molecule is CCCCCCCCc1ccc(OC)c(I)c1. The second-order valence-electron chi connectivity index (χ2n) is 4.49. The number of unbranched alkanes of at least 4 members (excludes halogenated alkanes) is 5. The van der Waals surface area contributed by atoms with E-state index in [1.54, 1.807) is 7.11 Å². The molecule has 1 aromatic carbocycles. The van der Waals surface area contributed by atoms with E-state index in [0.29, 0.717) is 0 Å². The lowest BCUT2D eigenvalue weighted by Gasteiger charge is -2.06. The Bertz CT molecular complexity index is 323. The van der Waals surface area contributed by atoms with E-state index < -0.39 is 0 Å². The molecule has 0 radical (unpaired) electrons. The first kappa shape index (κ1) is 14.8. The van der Waals surface area contributed by atoms with Crippen molar-refractivity contribution in [2.45, 2.75) is 51.9 Å². The summed E-state index contributed by atoms with van der Waals surface area (Å²) < 4.78 is 6.48. The summed E-state index contributed by atoms with van der Waals surface area (Å²) in [5.41, 5.74) is 1.44. The molecule has 1 rings (SSSR count). The first-order chi connectivity index (χ1) is 8.27. The maximum absolute atomic E-state index is 5.26. The van der Waals surface area contributed by atoms with E-state index in [1.165, 1.54) is 54.1 Å². The van der Waals surface area contributed by atoms with Crippen molar-refractivity contribution in [2.75, 3.05) is 7.11 Å². The molecule has 0 fully saturated rings. The minimum Gasteiger partial charge on any atom is -0.496 e. The average Bonchev–Trinajstić information content (AvgIpc) is 2.34. The van der Waals surface area contributed by atoms with Gasteiger partial charge in [0.05, 0.1) is 10.7 Å². The minimum atomic E-state index is 0.984. The summed E-state index contributed by atoms with van der Waals surface area (Å²) >= 11 is 2.34.